The molecule has 7 rings (SSSR count). The molecular formula is C38H33F2N5O6. The monoisotopic (exact) mass is 693 g/mol. The first-order valence-corrected chi connectivity index (χ1v) is 16.3. The second-order valence-corrected chi connectivity index (χ2v) is 11.7. The van der Waals surface area contributed by atoms with Crippen molar-refractivity contribution in [3.63, 3.8) is 0 Å². The highest BCUT2D eigenvalue weighted by atomic mass is 19.1. The van der Waals surface area contributed by atoms with Gasteiger partial charge in [0.15, 0.2) is 28.8 Å². The average molecular weight is 694 g/mol. The number of morpholine rings is 1. The first-order chi connectivity index (χ1) is 24.9. The lowest BCUT2D eigenvalue weighted by Gasteiger charge is -2.26. The van der Waals surface area contributed by atoms with Gasteiger partial charge in [0, 0.05) is 49.0 Å². The lowest BCUT2D eigenvalue weighted by Crippen LogP contribution is -2.37. The molecule has 3 heterocycles. The summed E-state index contributed by atoms with van der Waals surface area (Å²) in [5.41, 5.74) is -0.135. The number of benzene rings is 4. The van der Waals surface area contributed by atoms with Crippen molar-refractivity contribution in [3.05, 3.63) is 119 Å². The molecule has 0 saturated carbocycles. The summed E-state index contributed by atoms with van der Waals surface area (Å²) in [7, 11) is 1.54. The fourth-order valence-electron chi connectivity index (χ4n) is 5.91. The Kier molecular flexibility index (Phi) is 9.81. The van der Waals surface area contributed by atoms with Gasteiger partial charge in [0.1, 0.15) is 11.6 Å². The largest absolute Gasteiger partial charge is 0.493 e. The fourth-order valence-corrected chi connectivity index (χ4v) is 5.91. The van der Waals surface area contributed by atoms with E-state index in [1.54, 1.807) is 54.7 Å². The Hall–Kier alpha value is -5.92. The number of hydrogen-bond donors (Lipinski definition) is 1. The quantitative estimate of drug-likeness (QED) is 0.155. The van der Waals surface area contributed by atoms with E-state index in [-0.39, 0.29) is 17.1 Å². The van der Waals surface area contributed by atoms with Crippen LogP contribution >= 0.6 is 0 Å². The van der Waals surface area contributed by atoms with E-state index < -0.39 is 28.8 Å². The van der Waals surface area contributed by atoms with E-state index in [9.17, 15) is 14.0 Å². The van der Waals surface area contributed by atoms with Crippen molar-refractivity contribution < 1.29 is 32.5 Å². The molecule has 6 aromatic rings. The van der Waals surface area contributed by atoms with E-state index in [0.717, 1.165) is 49.9 Å². The Bertz CT molecular complexity index is 2290. The molecule has 13 heteroatoms. The van der Waals surface area contributed by atoms with Crippen molar-refractivity contribution in [3.8, 4) is 28.7 Å². The van der Waals surface area contributed by atoms with E-state index in [2.05, 4.69) is 20.2 Å². The Morgan fingerprint density at radius 1 is 0.882 bits per heavy atom. The zero-order valence-corrected chi connectivity index (χ0v) is 27.6. The zero-order chi connectivity index (χ0) is 35.3. The lowest BCUT2D eigenvalue weighted by molar-refractivity contribution is 0.0357. The van der Waals surface area contributed by atoms with Crippen molar-refractivity contribution in [2.45, 2.75) is 6.42 Å². The molecule has 11 nitrogen and oxygen atoms in total. The maximum absolute atomic E-state index is 15.5. The van der Waals surface area contributed by atoms with E-state index >= 15 is 4.39 Å². The van der Waals surface area contributed by atoms with Crippen molar-refractivity contribution in [2.75, 3.05) is 51.9 Å². The normalized spacial score (nSPS) is 13.3. The van der Waals surface area contributed by atoms with E-state index in [1.807, 2.05) is 0 Å². The summed E-state index contributed by atoms with van der Waals surface area (Å²) < 4.78 is 54.4. The van der Waals surface area contributed by atoms with Crippen LogP contribution in [0.4, 0.5) is 14.5 Å². The number of aromatic nitrogens is 3. The number of fused-ring (bicyclic) bond motifs is 2. The summed E-state index contributed by atoms with van der Waals surface area (Å²) in [5, 5.41) is 3.10. The lowest BCUT2D eigenvalue weighted by atomic mass is 10.1. The topological polar surface area (TPSA) is 117 Å². The molecule has 260 valence electrons. The molecule has 2 aromatic heterocycles. The van der Waals surface area contributed by atoms with Crippen molar-refractivity contribution in [1.29, 1.82) is 0 Å². The van der Waals surface area contributed by atoms with Crippen LogP contribution in [-0.2, 0) is 4.74 Å². The van der Waals surface area contributed by atoms with E-state index in [4.69, 9.17) is 18.9 Å². The average Bonchev–Trinajstić information content (AvgIpc) is 3.15. The number of anilines is 1. The molecule has 1 fully saturated rings. The molecule has 1 N–H and O–H groups in total. The highest BCUT2D eigenvalue weighted by Gasteiger charge is 2.21. The van der Waals surface area contributed by atoms with Crippen LogP contribution in [-0.4, -0.2) is 71.9 Å². The van der Waals surface area contributed by atoms with Gasteiger partial charge in [-0.25, -0.2) is 13.8 Å². The minimum Gasteiger partial charge on any atom is -0.493 e. The van der Waals surface area contributed by atoms with Gasteiger partial charge in [0.25, 0.3) is 11.5 Å². The third-order valence-electron chi connectivity index (χ3n) is 8.45. The standard InChI is InChI=1S/C38H33F2N5O6/c1-48-34-22-25-29(23-35(34)50-18-6-15-44-16-19-49-20-17-44)41-14-13-32(25)51-33-12-11-24(21-27(33)40)42-37(46)36-38(47)45(30-9-4-2-7-26(30)39)31-10-5-3-8-28(31)43-36/h2-5,7-14,21-23H,6,15-20H2,1H3,(H,42,46). The smallest absolute Gasteiger partial charge is 0.287 e. The highest BCUT2D eigenvalue weighted by molar-refractivity contribution is 6.03. The Morgan fingerprint density at radius 3 is 2.49 bits per heavy atom. The molecular weight excluding hydrogens is 660 g/mol. The number of carbonyl (C=O) groups excluding carboxylic acids is 1. The number of methoxy groups -OCH3 is 1. The number of ether oxygens (including phenoxy) is 4. The van der Waals surface area contributed by atoms with Crippen LogP contribution < -0.4 is 25.1 Å². The summed E-state index contributed by atoms with van der Waals surface area (Å²) in [4.78, 5) is 37.9. The minimum absolute atomic E-state index is 0.0350. The van der Waals surface area contributed by atoms with Crippen molar-refractivity contribution >= 4 is 33.5 Å². The van der Waals surface area contributed by atoms with E-state index in [0.29, 0.717) is 45.8 Å². The van der Waals surface area contributed by atoms with Gasteiger partial charge < -0.3 is 24.3 Å². The number of amides is 1. The van der Waals surface area contributed by atoms with Crippen LogP contribution in [0.3, 0.4) is 0 Å². The van der Waals surface area contributed by atoms with Crippen LogP contribution in [0.1, 0.15) is 16.9 Å². The molecule has 0 radical (unpaired) electrons. The number of hydrogen-bond acceptors (Lipinski definition) is 9. The van der Waals surface area contributed by atoms with Crippen LogP contribution in [0.5, 0.6) is 23.0 Å². The maximum Gasteiger partial charge on any atom is 0.287 e. The molecule has 1 aliphatic rings. The number of halogens is 2. The number of nitrogens with one attached hydrogen (secondary N) is 1. The van der Waals surface area contributed by atoms with Crippen LogP contribution in [0.25, 0.3) is 27.6 Å². The number of nitrogens with zero attached hydrogens (tertiary/aromatic N) is 4. The molecule has 51 heavy (non-hydrogen) atoms. The second kappa shape index (κ2) is 14.9. The Morgan fingerprint density at radius 2 is 1.69 bits per heavy atom. The highest BCUT2D eigenvalue weighted by Crippen LogP contribution is 2.38. The number of para-hydroxylation sites is 3. The Labute approximate surface area is 291 Å². The first-order valence-electron chi connectivity index (χ1n) is 16.3. The van der Waals surface area contributed by atoms with E-state index in [1.165, 1.54) is 37.4 Å². The van der Waals surface area contributed by atoms with Crippen LogP contribution in [0.15, 0.2) is 95.9 Å². The predicted molar refractivity (Wildman–Crippen MR) is 187 cm³/mol. The number of carbonyl (C=O) groups is 1. The molecule has 0 unspecified atom stereocenters. The van der Waals surface area contributed by atoms with Gasteiger partial charge in [0.05, 0.1) is 49.2 Å². The molecule has 0 bridgehead atoms. The van der Waals surface area contributed by atoms with Gasteiger partial charge in [-0.05, 0) is 55.0 Å². The van der Waals surface area contributed by atoms with Gasteiger partial charge in [0.2, 0.25) is 0 Å². The molecule has 4 aromatic carbocycles. The molecule has 1 aliphatic heterocycles. The van der Waals surface area contributed by atoms with Gasteiger partial charge in [-0.15, -0.1) is 0 Å². The summed E-state index contributed by atoms with van der Waals surface area (Å²) in [5.74, 6) is -1.11. The van der Waals surface area contributed by atoms with Crippen molar-refractivity contribution in [2.24, 2.45) is 0 Å². The minimum atomic E-state index is -0.893. The molecule has 0 aliphatic carbocycles. The van der Waals surface area contributed by atoms with Gasteiger partial charge >= 0.3 is 0 Å². The van der Waals surface area contributed by atoms with Gasteiger partial charge in [-0.2, -0.15) is 0 Å². The molecule has 1 saturated heterocycles. The second-order valence-electron chi connectivity index (χ2n) is 11.7. The predicted octanol–water partition coefficient (Wildman–Crippen LogP) is 6.37. The summed E-state index contributed by atoms with van der Waals surface area (Å²) in [6.45, 7) is 4.70. The number of rotatable bonds is 11. The molecule has 0 spiro atoms. The molecule has 0 atom stereocenters. The third-order valence-corrected chi connectivity index (χ3v) is 8.45. The molecule has 1 amide bonds. The van der Waals surface area contributed by atoms with Gasteiger partial charge in [-0.3, -0.25) is 24.0 Å². The summed E-state index contributed by atoms with van der Waals surface area (Å²) >= 11 is 0. The zero-order valence-electron chi connectivity index (χ0n) is 27.6. The first kappa shape index (κ1) is 33.6. The SMILES string of the molecule is COc1cc2c(Oc3ccc(NC(=O)c4nc5ccccc5n(-c5ccccc5F)c4=O)cc3F)ccnc2cc1OCCCN1CCOCC1. The third kappa shape index (κ3) is 7.21. The summed E-state index contributed by atoms with van der Waals surface area (Å²) in [6.07, 6.45) is 2.38. The van der Waals surface area contributed by atoms with Crippen LogP contribution in [0, 0.1) is 11.6 Å². The van der Waals surface area contributed by atoms with Crippen LogP contribution in [0.2, 0.25) is 0 Å². The van der Waals surface area contributed by atoms with Gasteiger partial charge in [-0.1, -0.05) is 24.3 Å². The van der Waals surface area contributed by atoms with Crippen molar-refractivity contribution in [1.82, 2.24) is 19.4 Å². The Balaban J connectivity index is 1.09. The maximum atomic E-state index is 15.5. The number of pyridine rings is 1. The summed E-state index contributed by atoms with van der Waals surface area (Å²) in [6, 6.07) is 21.2. The fraction of sp³-hybridized carbons (Fsp3) is 0.211.